The maximum absolute atomic E-state index is 12.2. The monoisotopic (exact) mass is 363 g/mol. The third kappa shape index (κ3) is 5.00. The molecule has 1 aromatic carbocycles. The smallest absolute Gasteiger partial charge is 0.249 e. The van der Waals surface area contributed by atoms with E-state index < -0.39 is 0 Å². The number of ether oxygens (including phenoxy) is 2. The molecular formula is C18H22ClN3O3. The zero-order valence-electron chi connectivity index (χ0n) is 14.7. The lowest BCUT2D eigenvalue weighted by molar-refractivity contribution is -0.111. The molecule has 0 aliphatic carbocycles. The van der Waals surface area contributed by atoms with Crippen molar-refractivity contribution in [2.45, 2.75) is 20.4 Å². The minimum absolute atomic E-state index is 0.253. The second-order valence-corrected chi connectivity index (χ2v) is 6.26. The van der Waals surface area contributed by atoms with Crippen molar-refractivity contribution in [2.24, 2.45) is 5.92 Å². The average Bonchev–Trinajstić information content (AvgIpc) is 2.98. The number of methoxy groups -OCH3 is 2. The number of hydrogen-bond donors (Lipinski definition) is 1. The molecule has 0 atom stereocenters. The minimum atomic E-state index is -0.253. The van der Waals surface area contributed by atoms with Gasteiger partial charge in [-0.2, -0.15) is 5.10 Å². The lowest BCUT2D eigenvalue weighted by Gasteiger charge is -2.10. The minimum Gasteiger partial charge on any atom is -0.493 e. The molecule has 25 heavy (non-hydrogen) atoms. The summed E-state index contributed by atoms with van der Waals surface area (Å²) >= 11 is 6.16. The molecule has 0 bridgehead atoms. The first kappa shape index (κ1) is 18.9. The van der Waals surface area contributed by atoms with Gasteiger partial charge in [0.05, 0.1) is 25.4 Å². The fraction of sp³-hybridized carbons (Fsp3) is 0.333. The van der Waals surface area contributed by atoms with Gasteiger partial charge in [-0.3, -0.25) is 4.79 Å². The molecule has 0 aliphatic rings. The first-order valence-corrected chi connectivity index (χ1v) is 8.24. The van der Waals surface area contributed by atoms with Crippen molar-refractivity contribution in [1.82, 2.24) is 9.78 Å². The number of rotatable bonds is 7. The van der Waals surface area contributed by atoms with Crippen LogP contribution in [0.3, 0.4) is 0 Å². The Morgan fingerprint density at radius 1 is 1.36 bits per heavy atom. The van der Waals surface area contributed by atoms with Crippen molar-refractivity contribution in [1.29, 1.82) is 0 Å². The molecule has 0 fully saturated rings. The molecule has 0 saturated heterocycles. The van der Waals surface area contributed by atoms with Gasteiger partial charge >= 0.3 is 0 Å². The van der Waals surface area contributed by atoms with E-state index in [-0.39, 0.29) is 5.91 Å². The summed E-state index contributed by atoms with van der Waals surface area (Å²) in [5.74, 6) is 1.80. The number of nitrogens with one attached hydrogen (secondary N) is 1. The molecule has 2 aromatic rings. The van der Waals surface area contributed by atoms with E-state index in [9.17, 15) is 4.79 Å². The Morgan fingerprint density at radius 3 is 2.76 bits per heavy atom. The molecule has 7 heteroatoms. The Bertz CT molecular complexity index is 769. The van der Waals surface area contributed by atoms with Crippen LogP contribution < -0.4 is 14.8 Å². The molecule has 6 nitrogen and oxygen atoms in total. The van der Waals surface area contributed by atoms with E-state index in [1.165, 1.54) is 20.3 Å². The van der Waals surface area contributed by atoms with E-state index in [0.717, 1.165) is 12.1 Å². The van der Waals surface area contributed by atoms with Crippen molar-refractivity contribution in [3.8, 4) is 11.5 Å². The van der Waals surface area contributed by atoms with Crippen molar-refractivity contribution < 1.29 is 14.3 Å². The van der Waals surface area contributed by atoms with Gasteiger partial charge in [0, 0.05) is 18.7 Å². The van der Waals surface area contributed by atoms with Crippen molar-refractivity contribution in [3.05, 3.63) is 41.1 Å². The number of nitrogens with zero attached hydrogens (tertiary/aromatic N) is 2. The largest absolute Gasteiger partial charge is 0.493 e. The molecule has 134 valence electrons. The predicted octanol–water partition coefficient (Wildman–Crippen LogP) is 3.86. The maximum atomic E-state index is 12.2. The van der Waals surface area contributed by atoms with Gasteiger partial charge in [-0.25, -0.2) is 4.68 Å². The Hall–Kier alpha value is -2.47. The summed E-state index contributed by atoms with van der Waals surface area (Å²) in [7, 11) is 3.05. The van der Waals surface area contributed by atoms with Crippen molar-refractivity contribution in [3.63, 3.8) is 0 Å². The molecule has 1 N–H and O–H groups in total. The SMILES string of the molecule is COc1cc(/C=C/C(=O)Nc2ccnn2CC(C)C)cc(Cl)c1OC. The predicted molar refractivity (Wildman–Crippen MR) is 99.3 cm³/mol. The normalized spacial score (nSPS) is 11.1. The van der Waals surface area contributed by atoms with Crippen LogP contribution in [0.25, 0.3) is 6.08 Å². The molecule has 1 heterocycles. The van der Waals surface area contributed by atoms with Gasteiger partial charge in [0.2, 0.25) is 5.91 Å². The number of carbonyl (C=O) groups excluding carboxylic acids is 1. The van der Waals surface area contributed by atoms with Crippen LogP contribution in [0.4, 0.5) is 5.82 Å². The second kappa shape index (κ2) is 8.58. The standard InChI is InChI=1S/C18H22ClN3O3/c1-12(2)11-22-16(7-8-20-22)21-17(23)6-5-13-9-14(19)18(25-4)15(10-13)24-3/h5-10,12H,11H2,1-4H3,(H,21,23)/b6-5+. The number of carbonyl (C=O) groups is 1. The van der Waals surface area contributed by atoms with Crippen molar-refractivity contribution in [2.75, 3.05) is 19.5 Å². The van der Waals surface area contributed by atoms with Crippen LogP contribution in [0.5, 0.6) is 11.5 Å². The molecule has 0 saturated carbocycles. The second-order valence-electron chi connectivity index (χ2n) is 5.85. The summed E-state index contributed by atoms with van der Waals surface area (Å²) in [4.78, 5) is 12.2. The topological polar surface area (TPSA) is 65.4 Å². The Kier molecular flexibility index (Phi) is 6.47. The summed E-state index contributed by atoms with van der Waals surface area (Å²) in [5, 5.41) is 7.44. The third-order valence-electron chi connectivity index (χ3n) is 3.39. The fourth-order valence-electron chi connectivity index (χ4n) is 2.30. The van der Waals surface area contributed by atoms with Gasteiger partial charge in [-0.05, 0) is 29.7 Å². The number of anilines is 1. The fourth-order valence-corrected chi connectivity index (χ4v) is 2.60. The molecule has 0 radical (unpaired) electrons. The Balaban J connectivity index is 2.11. The molecular weight excluding hydrogens is 342 g/mol. The maximum Gasteiger partial charge on any atom is 0.249 e. The third-order valence-corrected chi connectivity index (χ3v) is 3.67. The van der Waals surface area contributed by atoms with Gasteiger partial charge < -0.3 is 14.8 Å². The summed E-state index contributed by atoms with van der Waals surface area (Å²) < 4.78 is 12.2. The summed E-state index contributed by atoms with van der Waals surface area (Å²) in [6.45, 7) is 4.92. The Labute approximate surface area is 152 Å². The molecule has 0 spiro atoms. The van der Waals surface area contributed by atoms with E-state index in [1.807, 2.05) is 0 Å². The number of halogens is 1. The summed E-state index contributed by atoms with van der Waals surface area (Å²) in [5.41, 5.74) is 0.730. The van der Waals surface area contributed by atoms with Crippen LogP contribution in [0.15, 0.2) is 30.5 Å². The lowest BCUT2D eigenvalue weighted by atomic mass is 10.2. The van der Waals surface area contributed by atoms with Gasteiger partial charge in [0.1, 0.15) is 5.82 Å². The van der Waals surface area contributed by atoms with E-state index in [1.54, 1.807) is 35.2 Å². The van der Waals surface area contributed by atoms with Crippen LogP contribution >= 0.6 is 11.6 Å². The number of hydrogen-bond acceptors (Lipinski definition) is 4. The zero-order chi connectivity index (χ0) is 18.4. The van der Waals surface area contributed by atoms with E-state index in [2.05, 4.69) is 24.3 Å². The number of benzene rings is 1. The van der Waals surface area contributed by atoms with Crippen LogP contribution in [-0.4, -0.2) is 29.9 Å². The van der Waals surface area contributed by atoms with Gasteiger partial charge in [0.25, 0.3) is 0 Å². The molecule has 1 aromatic heterocycles. The van der Waals surface area contributed by atoms with Crippen LogP contribution in [0.1, 0.15) is 19.4 Å². The van der Waals surface area contributed by atoms with Gasteiger partial charge in [-0.15, -0.1) is 0 Å². The van der Waals surface area contributed by atoms with E-state index in [4.69, 9.17) is 21.1 Å². The van der Waals surface area contributed by atoms with E-state index >= 15 is 0 Å². The number of amides is 1. The van der Waals surface area contributed by atoms with Crippen LogP contribution in [0, 0.1) is 5.92 Å². The first-order valence-electron chi connectivity index (χ1n) is 7.87. The lowest BCUT2D eigenvalue weighted by Crippen LogP contribution is -2.15. The highest BCUT2D eigenvalue weighted by atomic mass is 35.5. The van der Waals surface area contributed by atoms with E-state index in [0.29, 0.717) is 28.3 Å². The summed E-state index contributed by atoms with van der Waals surface area (Å²) in [6.07, 6.45) is 4.76. The van der Waals surface area contributed by atoms with Gasteiger partial charge in [-0.1, -0.05) is 25.4 Å². The molecule has 2 rings (SSSR count). The van der Waals surface area contributed by atoms with Crippen LogP contribution in [0.2, 0.25) is 5.02 Å². The molecule has 0 unspecified atom stereocenters. The molecule has 1 amide bonds. The number of aromatic nitrogens is 2. The quantitative estimate of drug-likeness (QED) is 0.758. The zero-order valence-corrected chi connectivity index (χ0v) is 15.5. The highest BCUT2D eigenvalue weighted by Crippen LogP contribution is 2.36. The van der Waals surface area contributed by atoms with Crippen LogP contribution in [-0.2, 0) is 11.3 Å². The average molecular weight is 364 g/mol. The Morgan fingerprint density at radius 2 is 2.12 bits per heavy atom. The summed E-state index contributed by atoms with van der Waals surface area (Å²) in [6, 6.07) is 5.22. The highest BCUT2D eigenvalue weighted by Gasteiger charge is 2.10. The van der Waals surface area contributed by atoms with Gasteiger partial charge in [0.15, 0.2) is 11.5 Å². The van der Waals surface area contributed by atoms with Crippen molar-refractivity contribution >= 4 is 29.4 Å². The highest BCUT2D eigenvalue weighted by molar-refractivity contribution is 6.32. The first-order chi connectivity index (χ1) is 11.9. The molecule has 0 aliphatic heterocycles.